The number of rotatable bonds is 4. The zero-order chi connectivity index (χ0) is 20.5. The highest BCUT2D eigenvalue weighted by atomic mass is 35.5. The molecule has 1 aromatic heterocycles. The van der Waals surface area contributed by atoms with Gasteiger partial charge in [-0.05, 0) is 54.1 Å². The lowest BCUT2D eigenvalue weighted by Gasteiger charge is -2.04. The van der Waals surface area contributed by atoms with E-state index in [2.05, 4.69) is 15.0 Å². The molecule has 0 saturated heterocycles. The quantitative estimate of drug-likeness (QED) is 0.259. The van der Waals surface area contributed by atoms with Crippen LogP contribution in [0.3, 0.4) is 0 Å². The van der Waals surface area contributed by atoms with Crippen LogP contribution in [-0.2, 0) is 6.54 Å². The molecule has 0 radical (unpaired) electrons. The van der Waals surface area contributed by atoms with Gasteiger partial charge in [0.05, 0.1) is 27.6 Å². The molecular weight excluding hydrogens is 450 g/mol. The molecule has 4 nitrogen and oxygen atoms in total. The van der Waals surface area contributed by atoms with Crippen LogP contribution in [0.5, 0.6) is 0 Å². The Morgan fingerprint density at radius 1 is 0.897 bits per heavy atom. The first-order valence-electron chi connectivity index (χ1n) is 8.60. The fourth-order valence-electron chi connectivity index (χ4n) is 2.86. The average molecular weight is 464 g/mol. The lowest BCUT2D eigenvalue weighted by atomic mass is 10.2. The summed E-state index contributed by atoms with van der Waals surface area (Å²) >= 11 is 24.2. The number of hydrogen-bond donors (Lipinski definition) is 2. The first kappa shape index (κ1) is 20.0. The number of imidazole rings is 1. The number of aromatic nitrogens is 2. The summed E-state index contributed by atoms with van der Waals surface area (Å²) in [6, 6.07) is 16.3. The Balaban J connectivity index is 1.61. The second-order valence-electron chi connectivity index (χ2n) is 6.38. The number of H-pyrrole nitrogens is 1. The van der Waals surface area contributed by atoms with E-state index in [1.165, 1.54) is 0 Å². The van der Waals surface area contributed by atoms with Gasteiger partial charge in [0.1, 0.15) is 11.7 Å². The van der Waals surface area contributed by atoms with Gasteiger partial charge in [-0.2, -0.15) is 0 Å². The Hall–Kier alpha value is -2.24. The molecule has 3 N–H and O–H groups in total. The molecule has 1 heterocycles. The molecule has 146 valence electrons. The van der Waals surface area contributed by atoms with Gasteiger partial charge in [0, 0.05) is 21.2 Å². The largest absolute Gasteiger partial charge is 0.383 e. The second-order valence-corrected chi connectivity index (χ2v) is 8.04. The molecule has 0 aliphatic rings. The molecule has 0 fully saturated rings. The molecule has 4 aromatic rings. The zero-order valence-electron chi connectivity index (χ0n) is 14.9. The van der Waals surface area contributed by atoms with Crippen molar-refractivity contribution in [2.45, 2.75) is 6.54 Å². The molecular formula is C21H14Cl4N4. The minimum absolute atomic E-state index is 0.359. The lowest BCUT2D eigenvalue weighted by Crippen LogP contribution is -2.13. The number of nitrogens with one attached hydrogen (secondary N) is 1. The number of halogens is 4. The number of nitrogens with zero attached hydrogens (tertiary/aromatic N) is 2. The lowest BCUT2D eigenvalue weighted by molar-refractivity contribution is 1.06. The highest BCUT2D eigenvalue weighted by molar-refractivity contribution is 6.42. The highest BCUT2D eigenvalue weighted by Gasteiger charge is 2.09. The molecule has 0 amide bonds. The maximum atomic E-state index is 6.19. The summed E-state index contributed by atoms with van der Waals surface area (Å²) in [4.78, 5) is 12.3. The Morgan fingerprint density at radius 2 is 1.72 bits per heavy atom. The van der Waals surface area contributed by atoms with E-state index in [9.17, 15) is 0 Å². The molecule has 0 spiro atoms. The average Bonchev–Trinajstić information content (AvgIpc) is 3.12. The fourth-order valence-corrected chi connectivity index (χ4v) is 3.63. The van der Waals surface area contributed by atoms with Gasteiger partial charge in [0.25, 0.3) is 0 Å². The van der Waals surface area contributed by atoms with Gasteiger partial charge in [0.2, 0.25) is 0 Å². The van der Waals surface area contributed by atoms with E-state index in [1.807, 2.05) is 30.3 Å². The van der Waals surface area contributed by atoms with Crippen LogP contribution >= 0.6 is 46.4 Å². The Kier molecular flexibility index (Phi) is 5.70. The SMILES string of the molecule is NC(=NCc1ccc(Cl)cc1Cl)c1ccc2nc(-c3ccc(Cl)c(Cl)c3)[nH]c2c1. The highest BCUT2D eigenvalue weighted by Crippen LogP contribution is 2.28. The summed E-state index contributed by atoms with van der Waals surface area (Å²) in [5, 5.41) is 2.11. The number of amidine groups is 1. The van der Waals surface area contributed by atoms with Crippen LogP contribution in [-0.4, -0.2) is 15.8 Å². The van der Waals surface area contributed by atoms with Crippen LogP contribution < -0.4 is 5.73 Å². The van der Waals surface area contributed by atoms with Gasteiger partial charge in [-0.1, -0.05) is 52.5 Å². The van der Waals surface area contributed by atoms with Crippen LogP contribution in [0.2, 0.25) is 20.1 Å². The van der Waals surface area contributed by atoms with Crippen molar-refractivity contribution in [1.82, 2.24) is 9.97 Å². The molecule has 0 aliphatic heterocycles. The molecule has 0 unspecified atom stereocenters. The van der Waals surface area contributed by atoms with E-state index in [0.717, 1.165) is 27.7 Å². The molecule has 0 bridgehead atoms. The first-order chi connectivity index (χ1) is 13.9. The van der Waals surface area contributed by atoms with Crippen LogP contribution in [0.15, 0.2) is 59.6 Å². The minimum atomic E-state index is 0.359. The van der Waals surface area contributed by atoms with E-state index < -0.39 is 0 Å². The maximum Gasteiger partial charge on any atom is 0.138 e. The number of hydrogen-bond acceptors (Lipinski definition) is 2. The third kappa shape index (κ3) is 4.36. The van der Waals surface area contributed by atoms with E-state index in [-0.39, 0.29) is 0 Å². The molecule has 8 heteroatoms. The van der Waals surface area contributed by atoms with E-state index in [1.54, 1.807) is 24.3 Å². The van der Waals surface area contributed by atoms with Crippen LogP contribution in [0.25, 0.3) is 22.4 Å². The van der Waals surface area contributed by atoms with Crippen molar-refractivity contribution in [3.05, 3.63) is 85.8 Å². The summed E-state index contributed by atoms with van der Waals surface area (Å²) in [6.45, 7) is 0.359. The summed E-state index contributed by atoms with van der Waals surface area (Å²) < 4.78 is 0. The smallest absolute Gasteiger partial charge is 0.138 e. The van der Waals surface area contributed by atoms with Crippen LogP contribution in [0, 0.1) is 0 Å². The van der Waals surface area contributed by atoms with Crippen molar-refractivity contribution in [1.29, 1.82) is 0 Å². The third-order valence-corrected chi connectivity index (χ3v) is 5.73. The van der Waals surface area contributed by atoms with Crippen molar-refractivity contribution < 1.29 is 0 Å². The monoisotopic (exact) mass is 462 g/mol. The minimum Gasteiger partial charge on any atom is -0.383 e. The van der Waals surface area contributed by atoms with Crippen molar-refractivity contribution >= 4 is 63.3 Å². The summed E-state index contributed by atoms with van der Waals surface area (Å²) in [5.74, 6) is 1.10. The topological polar surface area (TPSA) is 67.1 Å². The predicted molar refractivity (Wildman–Crippen MR) is 122 cm³/mol. The van der Waals surface area contributed by atoms with E-state index >= 15 is 0 Å². The van der Waals surface area contributed by atoms with Gasteiger partial charge >= 0.3 is 0 Å². The second kappa shape index (κ2) is 8.25. The van der Waals surface area contributed by atoms with E-state index in [4.69, 9.17) is 52.1 Å². The molecule has 0 saturated carbocycles. The number of aromatic amines is 1. The van der Waals surface area contributed by atoms with Gasteiger partial charge in [-0.25, -0.2) is 4.98 Å². The van der Waals surface area contributed by atoms with Crippen LogP contribution in [0.4, 0.5) is 0 Å². The number of fused-ring (bicyclic) bond motifs is 1. The zero-order valence-corrected chi connectivity index (χ0v) is 17.9. The van der Waals surface area contributed by atoms with Crippen molar-refractivity contribution in [2.75, 3.05) is 0 Å². The molecule has 4 rings (SSSR count). The summed E-state index contributed by atoms with van der Waals surface area (Å²) in [7, 11) is 0. The molecule has 29 heavy (non-hydrogen) atoms. The Labute approximate surface area is 187 Å². The molecule has 3 aromatic carbocycles. The number of aliphatic imine (C=N–C) groups is 1. The van der Waals surface area contributed by atoms with Crippen molar-refractivity contribution in [3.8, 4) is 11.4 Å². The van der Waals surface area contributed by atoms with E-state index in [0.29, 0.717) is 38.3 Å². The van der Waals surface area contributed by atoms with Crippen molar-refractivity contribution in [2.24, 2.45) is 10.7 Å². The van der Waals surface area contributed by atoms with Crippen LogP contribution in [0.1, 0.15) is 11.1 Å². The number of benzene rings is 3. The van der Waals surface area contributed by atoms with Gasteiger partial charge < -0.3 is 10.7 Å². The maximum absolute atomic E-state index is 6.19. The van der Waals surface area contributed by atoms with Crippen molar-refractivity contribution in [3.63, 3.8) is 0 Å². The standard InChI is InChI=1S/C21H14Cl4N4/c22-14-4-1-13(16(24)9-14)10-27-20(26)11-3-6-18-19(8-11)29-21(28-18)12-2-5-15(23)17(25)7-12/h1-9H,10H2,(H2,26,27)(H,28,29). The number of nitrogens with two attached hydrogens (primary N) is 1. The fraction of sp³-hybridized carbons (Fsp3) is 0.0476. The molecule has 0 atom stereocenters. The first-order valence-corrected chi connectivity index (χ1v) is 10.1. The normalized spacial score (nSPS) is 11.9. The summed E-state index contributed by atoms with van der Waals surface area (Å²) in [5.41, 5.74) is 10.3. The van der Waals surface area contributed by atoms with Gasteiger partial charge in [-0.15, -0.1) is 0 Å². The Bertz CT molecular complexity index is 1250. The predicted octanol–water partition coefficient (Wildman–Crippen LogP) is 6.75. The third-order valence-electron chi connectivity index (χ3n) is 4.41. The molecule has 0 aliphatic carbocycles. The van der Waals surface area contributed by atoms with Gasteiger partial charge in [0.15, 0.2) is 0 Å². The Morgan fingerprint density at radius 3 is 2.48 bits per heavy atom. The van der Waals surface area contributed by atoms with Gasteiger partial charge in [-0.3, -0.25) is 4.99 Å². The summed E-state index contributed by atoms with van der Waals surface area (Å²) in [6.07, 6.45) is 0.